The zero-order chi connectivity index (χ0) is 19.8. The Bertz CT molecular complexity index is 1070. The number of H-pyrrole nitrogens is 1. The van der Waals surface area contributed by atoms with Gasteiger partial charge in [0.25, 0.3) is 0 Å². The molecule has 0 atom stereocenters. The summed E-state index contributed by atoms with van der Waals surface area (Å²) < 4.78 is 5.19. The van der Waals surface area contributed by atoms with E-state index >= 15 is 0 Å². The van der Waals surface area contributed by atoms with Crippen LogP contribution in [0.25, 0.3) is 22.5 Å². The first-order valence-electron chi connectivity index (χ1n) is 8.65. The van der Waals surface area contributed by atoms with Crippen molar-refractivity contribution in [1.82, 2.24) is 20.6 Å². The van der Waals surface area contributed by atoms with Crippen LogP contribution in [0.4, 0.5) is 10.5 Å². The van der Waals surface area contributed by atoms with Gasteiger partial charge in [-0.15, -0.1) is 0 Å². The molecule has 3 aromatic rings. The molecule has 0 fully saturated rings. The molecule has 0 saturated carbocycles. The first-order chi connectivity index (χ1) is 13.5. The van der Waals surface area contributed by atoms with E-state index in [1.54, 1.807) is 33.3 Å². The molecule has 2 aromatic carbocycles. The fourth-order valence-electron chi connectivity index (χ4n) is 3.30. The van der Waals surface area contributed by atoms with E-state index < -0.39 is 6.03 Å². The van der Waals surface area contributed by atoms with Crippen molar-refractivity contribution in [2.24, 2.45) is 0 Å². The van der Waals surface area contributed by atoms with Crippen molar-refractivity contribution in [2.45, 2.75) is 0 Å². The number of hydrogen-bond donors (Lipinski definition) is 3. The van der Waals surface area contributed by atoms with Crippen LogP contribution >= 0.6 is 0 Å². The molecule has 142 valence electrons. The highest BCUT2D eigenvalue weighted by molar-refractivity contribution is 6.26. The molecule has 1 aliphatic rings. The SMILES string of the molecule is COc1ccc(-c2n[nH]c3c2C(=O)c2c(NC(=O)NN(C)C)cccc2-3)cc1. The van der Waals surface area contributed by atoms with Crippen LogP contribution in [0.2, 0.25) is 0 Å². The molecule has 8 nitrogen and oxygen atoms in total. The predicted molar refractivity (Wildman–Crippen MR) is 105 cm³/mol. The number of carbonyl (C=O) groups excluding carboxylic acids is 2. The Morgan fingerprint density at radius 1 is 1.11 bits per heavy atom. The standard InChI is InChI=1S/C20H19N5O3/c1-25(2)24-20(27)21-14-6-4-5-13-15(14)19(26)16-17(22-23-18(13)16)11-7-9-12(28-3)10-8-11/h4-10H,1-3H3,(H,22,23)(H2,21,24,27). The third-order valence-corrected chi connectivity index (χ3v) is 4.49. The van der Waals surface area contributed by atoms with Gasteiger partial charge in [-0.1, -0.05) is 12.1 Å². The Balaban J connectivity index is 1.73. The van der Waals surface area contributed by atoms with E-state index in [1.165, 1.54) is 5.01 Å². The van der Waals surface area contributed by atoms with E-state index in [0.29, 0.717) is 28.2 Å². The van der Waals surface area contributed by atoms with Crippen LogP contribution in [-0.4, -0.2) is 48.2 Å². The summed E-state index contributed by atoms with van der Waals surface area (Å²) in [6.07, 6.45) is 0. The minimum atomic E-state index is -0.421. The molecule has 2 amide bonds. The second-order valence-corrected chi connectivity index (χ2v) is 6.57. The summed E-state index contributed by atoms with van der Waals surface area (Å²) in [4.78, 5) is 25.3. The number of nitrogens with one attached hydrogen (secondary N) is 3. The third-order valence-electron chi connectivity index (χ3n) is 4.49. The lowest BCUT2D eigenvalue weighted by Crippen LogP contribution is -2.39. The Hall–Kier alpha value is -3.65. The quantitative estimate of drug-likeness (QED) is 0.475. The fraction of sp³-hybridized carbons (Fsp3) is 0.150. The minimum Gasteiger partial charge on any atom is -0.497 e. The van der Waals surface area contributed by atoms with Gasteiger partial charge in [0.1, 0.15) is 11.4 Å². The van der Waals surface area contributed by atoms with E-state index in [9.17, 15) is 9.59 Å². The number of methoxy groups -OCH3 is 1. The average Bonchev–Trinajstić information content (AvgIpc) is 3.22. The molecule has 0 bridgehead atoms. The van der Waals surface area contributed by atoms with Gasteiger partial charge in [0.05, 0.1) is 29.6 Å². The topological polar surface area (TPSA) is 99.3 Å². The number of benzene rings is 2. The van der Waals surface area contributed by atoms with Crippen LogP contribution in [0.5, 0.6) is 5.75 Å². The molecule has 1 aliphatic carbocycles. The maximum absolute atomic E-state index is 13.2. The van der Waals surface area contributed by atoms with Crippen LogP contribution in [-0.2, 0) is 0 Å². The molecule has 4 rings (SSSR count). The molecule has 0 saturated heterocycles. The summed E-state index contributed by atoms with van der Waals surface area (Å²) in [7, 11) is 5.01. The Morgan fingerprint density at radius 3 is 2.54 bits per heavy atom. The van der Waals surface area contributed by atoms with Crippen LogP contribution in [0.1, 0.15) is 15.9 Å². The van der Waals surface area contributed by atoms with Gasteiger partial charge in [-0.25, -0.2) is 9.80 Å². The number of ether oxygens (including phenoxy) is 1. The lowest BCUT2D eigenvalue weighted by atomic mass is 10.0. The van der Waals surface area contributed by atoms with E-state index in [2.05, 4.69) is 20.9 Å². The van der Waals surface area contributed by atoms with Crippen molar-refractivity contribution in [3.05, 3.63) is 53.6 Å². The summed E-state index contributed by atoms with van der Waals surface area (Å²) >= 11 is 0. The first-order valence-corrected chi connectivity index (χ1v) is 8.65. The summed E-state index contributed by atoms with van der Waals surface area (Å²) in [5.74, 6) is 0.550. The number of ketones is 1. The van der Waals surface area contributed by atoms with Crippen molar-refractivity contribution in [3.8, 4) is 28.3 Å². The molecule has 3 N–H and O–H groups in total. The Labute approximate surface area is 161 Å². The third kappa shape index (κ3) is 2.89. The normalized spacial score (nSPS) is 11.9. The van der Waals surface area contributed by atoms with Crippen LogP contribution in [0.3, 0.4) is 0 Å². The van der Waals surface area contributed by atoms with Crippen molar-refractivity contribution in [1.29, 1.82) is 0 Å². The lowest BCUT2D eigenvalue weighted by Gasteiger charge is -2.14. The van der Waals surface area contributed by atoms with Crippen molar-refractivity contribution >= 4 is 17.5 Å². The van der Waals surface area contributed by atoms with Crippen LogP contribution < -0.4 is 15.5 Å². The number of amides is 2. The molecule has 1 aromatic heterocycles. The second-order valence-electron chi connectivity index (χ2n) is 6.57. The Kier molecular flexibility index (Phi) is 4.32. The summed E-state index contributed by atoms with van der Waals surface area (Å²) in [6, 6.07) is 12.3. The van der Waals surface area contributed by atoms with Gasteiger partial charge in [0, 0.05) is 25.2 Å². The van der Waals surface area contributed by atoms with Gasteiger partial charge >= 0.3 is 6.03 Å². The molecule has 8 heteroatoms. The fourth-order valence-corrected chi connectivity index (χ4v) is 3.30. The van der Waals surface area contributed by atoms with E-state index in [1.807, 2.05) is 30.3 Å². The highest BCUT2D eigenvalue weighted by Crippen LogP contribution is 2.42. The van der Waals surface area contributed by atoms with Crippen LogP contribution in [0.15, 0.2) is 42.5 Å². The number of fused-ring (bicyclic) bond motifs is 3. The van der Waals surface area contributed by atoms with E-state index in [4.69, 9.17) is 4.74 Å². The van der Waals surface area contributed by atoms with Gasteiger partial charge in [0.15, 0.2) is 5.78 Å². The Morgan fingerprint density at radius 2 is 1.86 bits per heavy atom. The number of anilines is 1. The zero-order valence-corrected chi connectivity index (χ0v) is 15.7. The number of urea groups is 1. The maximum Gasteiger partial charge on any atom is 0.333 e. The molecule has 28 heavy (non-hydrogen) atoms. The molecular formula is C20H19N5O3. The molecule has 0 radical (unpaired) electrons. The van der Waals surface area contributed by atoms with E-state index in [0.717, 1.165) is 16.9 Å². The summed E-state index contributed by atoms with van der Waals surface area (Å²) in [6.45, 7) is 0. The predicted octanol–water partition coefficient (Wildman–Crippen LogP) is 2.89. The number of rotatable bonds is 4. The summed E-state index contributed by atoms with van der Waals surface area (Å²) in [5.41, 5.74) is 6.76. The molecule has 0 aliphatic heterocycles. The smallest absolute Gasteiger partial charge is 0.333 e. The zero-order valence-electron chi connectivity index (χ0n) is 15.7. The number of aromatic nitrogens is 2. The number of hydrazine groups is 1. The number of nitrogens with zero attached hydrogens (tertiary/aromatic N) is 2. The van der Waals surface area contributed by atoms with Crippen molar-refractivity contribution < 1.29 is 14.3 Å². The lowest BCUT2D eigenvalue weighted by molar-refractivity contribution is 0.104. The maximum atomic E-state index is 13.2. The number of hydrogen-bond acceptors (Lipinski definition) is 5. The number of aromatic amines is 1. The molecule has 1 heterocycles. The van der Waals surface area contributed by atoms with Gasteiger partial charge < -0.3 is 10.1 Å². The van der Waals surface area contributed by atoms with Gasteiger partial charge in [-0.3, -0.25) is 15.3 Å². The monoisotopic (exact) mass is 377 g/mol. The molecule has 0 spiro atoms. The second kappa shape index (κ2) is 6.82. The highest BCUT2D eigenvalue weighted by Gasteiger charge is 2.34. The van der Waals surface area contributed by atoms with E-state index in [-0.39, 0.29) is 5.78 Å². The minimum absolute atomic E-state index is 0.176. The molecule has 0 unspecified atom stereocenters. The average molecular weight is 377 g/mol. The highest BCUT2D eigenvalue weighted by atomic mass is 16.5. The van der Waals surface area contributed by atoms with Crippen molar-refractivity contribution in [2.75, 3.05) is 26.5 Å². The number of carbonyl (C=O) groups is 2. The van der Waals surface area contributed by atoms with Gasteiger partial charge in [-0.2, -0.15) is 5.10 Å². The summed E-state index contributed by atoms with van der Waals surface area (Å²) in [5, 5.41) is 11.6. The first kappa shape index (κ1) is 17.7. The van der Waals surface area contributed by atoms with Crippen LogP contribution in [0, 0.1) is 0 Å². The van der Waals surface area contributed by atoms with Gasteiger partial charge in [0.2, 0.25) is 0 Å². The molecular weight excluding hydrogens is 358 g/mol. The van der Waals surface area contributed by atoms with Crippen molar-refractivity contribution in [3.63, 3.8) is 0 Å². The largest absolute Gasteiger partial charge is 0.497 e. The van der Waals surface area contributed by atoms with Gasteiger partial charge in [-0.05, 0) is 30.3 Å².